The van der Waals surface area contributed by atoms with Gasteiger partial charge in [0.2, 0.25) is 5.91 Å². The maximum absolute atomic E-state index is 12.4. The molecule has 2 aliphatic carbocycles. The molecule has 9 heteroatoms. The molecule has 1 unspecified atom stereocenters. The first-order chi connectivity index (χ1) is 16.2. The Morgan fingerprint density at radius 1 is 1.12 bits per heavy atom. The topological polar surface area (TPSA) is 69.6 Å². The van der Waals surface area contributed by atoms with Gasteiger partial charge >= 0.3 is 12.1 Å². The monoisotopic (exact) mass is 494 g/mol. The molecule has 1 spiro atoms. The van der Waals surface area contributed by atoms with Crippen LogP contribution in [0.4, 0.5) is 13.2 Å². The molecule has 0 radical (unpaired) electrons. The molecule has 1 aromatic carbocycles. The molecule has 2 N–H and O–H groups in total. The molecule has 0 bridgehead atoms. The van der Waals surface area contributed by atoms with Crippen LogP contribution in [0, 0.1) is 0 Å². The molecular weight excluding hydrogens is 465 g/mol. The van der Waals surface area contributed by atoms with Crippen molar-refractivity contribution in [3.05, 3.63) is 57.8 Å². The highest BCUT2D eigenvalue weighted by Gasteiger charge is 2.45. The third-order valence-corrected chi connectivity index (χ3v) is 7.86. The second-order valence-electron chi connectivity index (χ2n) is 9.47. The maximum atomic E-state index is 12.4. The van der Waals surface area contributed by atoms with Crippen LogP contribution in [0.3, 0.4) is 0 Å². The molecule has 3 aliphatic rings. The van der Waals surface area contributed by atoms with Crippen molar-refractivity contribution in [2.75, 3.05) is 13.1 Å². The average molecular weight is 495 g/mol. The van der Waals surface area contributed by atoms with Crippen LogP contribution in [0.25, 0.3) is 0 Å². The van der Waals surface area contributed by atoms with Crippen molar-refractivity contribution in [2.24, 2.45) is 0 Å². The van der Waals surface area contributed by atoms with E-state index in [2.05, 4.69) is 52.0 Å². The van der Waals surface area contributed by atoms with Gasteiger partial charge in [0.05, 0.1) is 0 Å². The Kier molecular flexibility index (Phi) is 7.33. The van der Waals surface area contributed by atoms with Crippen molar-refractivity contribution in [2.45, 2.75) is 68.6 Å². The van der Waals surface area contributed by atoms with E-state index in [9.17, 15) is 18.0 Å². The summed E-state index contributed by atoms with van der Waals surface area (Å²) in [5.74, 6) is -2.11. The van der Waals surface area contributed by atoms with Crippen LogP contribution in [0.2, 0.25) is 0 Å². The van der Waals surface area contributed by atoms with E-state index < -0.39 is 12.1 Å². The predicted molar refractivity (Wildman–Crippen MR) is 124 cm³/mol. The molecule has 1 saturated heterocycles. The molecule has 1 aliphatic heterocycles. The summed E-state index contributed by atoms with van der Waals surface area (Å²) in [5.41, 5.74) is 3.26. The number of nitrogens with one attached hydrogen (secondary N) is 1. The minimum atomic E-state index is -5.08. The van der Waals surface area contributed by atoms with Crippen molar-refractivity contribution in [3.8, 4) is 0 Å². The van der Waals surface area contributed by atoms with Crippen LogP contribution in [-0.4, -0.2) is 47.2 Å². The van der Waals surface area contributed by atoms with Crippen molar-refractivity contribution >= 4 is 23.2 Å². The summed E-state index contributed by atoms with van der Waals surface area (Å²) < 4.78 is 31.7. The second kappa shape index (κ2) is 10.1. The van der Waals surface area contributed by atoms with Crippen LogP contribution < -0.4 is 5.32 Å². The van der Waals surface area contributed by atoms with Gasteiger partial charge in [-0.15, -0.1) is 11.3 Å². The molecule has 1 aromatic heterocycles. The Hall–Kier alpha value is -2.39. The zero-order chi connectivity index (χ0) is 24.3. The summed E-state index contributed by atoms with van der Waals surface area (Å²) in [6.45, 7) is 3.41. The van der Waals surface area contributed by atoms with E-state index in [1.54, 1.807) is 0 Å². The number of likely N-dealkylation sites (tertiary alicyclic amines) is 1. The number of alkyl halides is 3. The Labute approximate surface area is 201 Å². The number of hydrogen-bond acceptors (Lipinski definition) is 4. The third-order valence-electron chi connectivity index (χ3n) is 7.00. The van der Waals surface area contributed by atoms with Crippen LogP contribution in [0.5, 0.6) is 0 Å². The molecule has 34 heavy (non-hydrogen) atoms. The molecule has 2 heterocycles. The summed E-state index contributed by atoms with van der Waals surface area (Å²) >= 11 is 1.86. The molecule has 5 nitrogen and oxygen atoms in total. The van der Waals surface area contributed by atoms with Gasteiger partial charge in [-0.1, -0.05) is 30.3 Å². The number of rotatable bonds is 5. The van der Waals surface area contributed by atoms with E-state index in [0.717, 1.165) is 38.9 Å². The molecule has 2 fully saturated rings. The van der Waals surface area contributed by atoms with E-state index in [1.807, 2.05) is 11.3 Å². The number of halogens is 3. The van der Waals surface area contributed by atoms with Crippen molar-refractivity contribution < 1.29 is 27.9 Å². The molecule has 5 rings (SSSR count). The van der Waals surface area contributed by atoms with Crippen molar-refractivity contribution in [1.82, 2.24) is 10.2 Å². The Balaban J connectivity index is 0.000000344. The van der Waals surface area contributed by atoms with Gasteiger partial charge in [-0.25, -0.2) is 4.79 Å². The molecule has 1 saturated carbocycles. The molecule has 1 atom stereocenters. The van der Waals surface area contributed by atoms with Gasteiger partial charge in [-0.3, -0.25) is 9.69 Å². The van der Waals surface area contributed by atoms with E-state index >= 15 is 0 Å². The quantitative estimate of drug-likeness (QED) is 0.609. The van der Waals surface area contributed by atoms with Crippen LogP contribution in [0.1, 0.15) is 60.4 Å². The standard InChI is InChI=1S/C23H28N2OS.C2HF3O2/c26-22(24-18-7-8-18)14-17-15-23(21-6-2-1-5-20(17)21)9-11-25(12-10-23)16-19-4-3-13-27-19;3-2(4,5)1(6)7/h1-6,13,17-18H,7-12,14-16H2,(H,24,26);(H,6,7). The first kappa shape index (κ1) is 24.7. The van der Waals surface area contributed by atoms with Crippen molar-refractivity contribution in [3.63, 3.8) is 0 Å². The molecule has 2 aromatic rings. The number of aliphatic carboxylic acids is 1. The normalized spacial score (nSPS) is 21.4. The van der Waals surface area contributed by atoms with Gasteiger partial charge in [0.1, 0.15) is 0 Å². The van der Waals surface area contributed by atoms with E-state index in [-0.39, 0.29) is 11.3 Å². The van der Waals surface area contributed by atoms with Crippen LogP contribution >= 0.6 is 11.3 Å². The van der Waals surface area contributed by atoms with Gasteiger partial charge in [0.15, 0.2) is 0 Å². The zero-order valence-electron chi connectivity index (χ0n) is 18.8. The van der Waals surface area contributed by atoms with Gasteiger partial charge in [-0.2, -0.15) is 13.2 Å². The number of thiophene rings is 1. The lowest BCUT2D eigenvalue weighted by Gasteiger charge is -2.40. The number of carboxylic acids is 1. The lowest BCUT2D eigenvalue weighted by Crippen LogP contribution is -2.41. The third kappa shape index (κ3) is 5.99. The number of piperidine rings is 1. The number of nitrogens with zero attached hydrogens (tertiary/aromatic N) is 1. The average Bonchev–Trinajstić information content (AvgIpc) is 3.35. The second-order valence-corrected chi connectivity index (χ2v) is 10.5. The summed E-state index contributed by atoms with van der Waals surface area (Å²) in [6, 6.07) is 13.8. The summed E-state index contributed by atoms with van der Waals surface area (Å²) in [6.07, 6.45) is 1.49. The van der Waals surface area contributed by atoms with E-state index in [0.29, 0.717) is 18.4 Å². The fraction of sp³-hybridized carbons (Fsp3) is 0.520. The fourth-order valence-corrected chi connectivity index (χ4v) is 5.93. The SMILES string of the molecule is O=C(CC1CC2(CCN(Cc3cccs3)CC2)c2ccccc21)NC1CC1.O=C(O)C(F)(F)F. The number of carbonyl (C=O) groups excluding carboxylic acids is 1. The number of benzene rings is 1. The number of carbonyl (C=O) groups is 2. The van der Waals surface area contributed by atoms with Crippen molar-refractivity contribution in [1.29, 1.82) is 0 Å². The number of carboxylic acid groups (broad SMARTS) is 1. The van der Waals surface area contributed by atoms with E-state index in [1.165, 1.54) is 28.8 Å². The fourth-order valence-electron chi connectivity index (χ4n) is 5.18. The Morgan fingerprint density at radius 2 is 1.79 bits per heavy atom. The van der Waals surface area contributed by atoms with E-state index in [4.69, 9.17) is 9.90 Å². The number of fused-ring (bicyclic) bond motifs is 2. The lowest BCUT2D eigenvalue weighted by molar-refractivity contribution is -0.192. The molecule has 1 amide bonds. The predicted octanol–water partition coefficient (Wildman–Crippen LogP) is 5.07. The first-order valence-electron chi connectivity index (χ1n) is 11.6. The van der Waals surface area contributed by atoms with Gasteiger partial charge in [0, 0.05) is 23.9 Å². The molecular formula is C25H29F3N2O3S. The van der Waals surface area contributed by atoms with Crippen LogP contribution in [0.15, 0.2) is 41.8 Å². The largest absolute Gasteiger partial charge is 0.490 e. The summed E-state index contributed by atoms with van der Waals surface area (Å²) in [5, 5.41) is 12.5. The first-order valence-corrected chi connectivity index (χ1v) is 12.5. The van der Waals surface area contributed by atoms with Crippen LogP contribution in [-0.2, 0) is 21.5 Å². The number of hydrogen-bond donors (Lipinski definition) is 2. The summed E-state index contributed by atoms with van der Waals surface area (Å²) in [7, 11) is 0. The highest BCUT2D eigenvalue weighted by Crippen LogP contribution is 2.52. The minimum absolute atomic E-state index is 0.254. The zero-order valence-corrected chi connectivity index (χ0v) is 19.6. The highest BCUT2D eigenvalue weighted by atomic mass is 32.1. The Bertz CT molecular complexity index is 997. The minimum Gasteiger partial charge on any atom is -0.475 e. The van der Waals surface area contributed by atoms with Gasteiger partial charge in [-0.05, 0) is 79.1 Å². The van der Waals surface area contributed by atoms with Gasteiger partial charge in [0.25, 0.3) is 0 Å². The maximum Gasteiger partial charge on any atom is 0.490 e. The summed E-state index contributed by atoms with van der Waals surface area (Å²) in [4.78, 5) is 25.4. The Morgan fingerprint density at radius 3 is 2.38 bits per heavy atom. The highest BCUT2D eigenvalue weighted by molar-refractivity contribution is 7.09. The number of amides is 1. The lowest BCUT2D eigenvalue weighted by atomic mass is 9.73. The smallest absolute Gasteiger partial charge is 0.475 e. The van der Waals surface area contributed by atoms with Gasteiger partial charge < -0.3 is 10.4 Å². The molecule has 184 valence electrons.